The smallest absolute Gasteiger partial charge is 0.245 e. The van der Waals surface area contributed by atoms with E-state index in [1.807, 2.05) is 29.2 Å². The van der Waals surface area contributed by atoms with Gasteiger partial charge in [-0.25, -0.2) is 4.98 Å². The number of nitrogens with one attached hydrogen (secondary N) is 1. The van der Waals surface area contributed by atoms with E-state index < -0.39 is 0 Å². The van der Waals surface area contributed by atoms with Gasteiger partial charge in [-0.05, 0) is 42.9 Å². The zero-order valence-electron chi connectivity index (χ0n) is 20.9. The summed E-state index contributed by atoms with van der Waals surface area (Å²) in [6.07, 6.45) is 8.24. The van der Waals surface area contributed by atoms with E-state index in [0.29, 0.717) is 18.4 Å². The van der Waals surface area contributed by atoms with E-state index in [1.54, 1.807) is 0 Å². The Hall–Kier alpha value is -1.89. The Labute approximate surface area is 193 Å². The maximum Gasteiger partial charge on any atom is 0.245 e. The predicted molar refractivity (Wildman–Crippen MR) is 127 cm³/mol. The Kier molecular flexibility index (Phi) is 8.01. The summed E-state index contributed by atoms with van der Waals surface area (Å²) < 4.78 is 2.09. The Morgan fingerprint density at radius 2 is 1.88 bits per heavy atom. The molecule has 0 spiro atoms. The fourth-order valence-corrected chi connectivity index (χ4v) is 5.13. The van der Waals surface area contributed by atoms with Gasteiger partial charge in [0, 0.05) is 52.0 Å². The Morgan fingerprint density at radius 3 is 2.44 bits per heavy atom. The molecule has 2 aliphatic heterocycles. The zero-order chi connectivity index (χ0) is 23.5. The fraction of sp³-hybridized carbons (Fsp3) is 0.800. The van der Waals surface area contributed by atoms with Crippen LogP contribution in [0.1, 0.15) is 66.1 Å². The number of carbonyl (C=O) groups is 2. The number of rotatable bonds is 8. The summed E-state index contributed by atoms with van der Waals surface area (Å²) in [6, 6.07) is -0.521. The van der Waals surface area contributed by atoms with Gasteiger partial charge in [0.25, 0.3) is 0 Å². The lowest BCUT2D eigenvalue weighted by molar-refractivity contribution is -0.151. The first-order valence-electron chi connectivity index (χ1n) is 12.4. The summed E-state index contributed by atoms with van der Waals surface area (Å²) in [5.41, 5.74) is 0.149. The van der Waals surface area contributed by atoms with Crippen LogP contribution >= 0.6 is 0 Å². The van der Waals surface area contributed by atoms with Crippen LogP contribution in [0.5, 0.6) is 0 Å². The summed E-state index contributed by atoms with van der Waals surface area (Å²) in [6.45, 7) is 13.7. The number of piperidine rings is 1. The van der Waals surface area contributed by atoms with Crippen LogP contribution in [0.3, 0.4) is 0 Å². The molecule has 0 radical (unpaired) electrons. The monoisotopic (exact) mass is 445 g/mol. The first-order chi connectivity index (χ1) is 15.1. The van der Waals surface area contributed by atoms with Gasteiger partial charge in [-0.2, -0.15) is 0 Å². The van der Waals surface area contributed by atoms with Crippen molar-refractivity contribution in [3.63, 3.8) is 0 Å². The van der Waals surface area contributed by atoms with Gasteiger partial charge < -0.3 is 19.7 Å². The van der Waals surface area contributed by atoms with Crippen LogP contribution in [0.25, 0.3) is 0 Å². The van der Waals surface area contributed by atoms with Gasteiger partial charge in [0.05, 0.1) is 6.04 Å². The fourth-order valence-electron chi connectivity index (χ4n) is 5.13. The van der Waals surface area contributed by atoms with E-state index in [2.05, 4.69) is 49.5 Å². The van der Waals surface area contributed by atoms with Gasteiger partial charge in [0.1, 0.15) is 11.9 Å². The van der Waals surface area contributed by atoms with Crippen molar-refractivity contribution in [2.45, 2.75) is 78.8 Å². The molecule has 3 rings (SSSR count). The van der Waals surface area contributed by atoms with E-state index >= 15 is 0 Å². The van der Waals surface area contributed by atoms with E-state index in [-0.39, 0.29) is 29.3 Å². The average Bonchev–Trinajstić information content (AvgIpc) is 3.11. The number of hydrogen-bond donors (Lipinski definition) is 1. The molecule has 0 saturated carbocycles. The van der Waals surface area contributed by atoms with Crippen LogP contribution in [0.4, 0.5) is 0 Å². The van der Waals surface area contributed by atoms with Crippen LogP contribution in [-0.4, -0.2) is 69.4 Å². The Bertz CT molecular complexity index is 779. The molecule has 0 bridgehead atoms. The van der Waals surface area contributed by atoms with Crippen molar-refractivity contribution >= 4 is 11.8 Å². The molecule has 2 saturated heterocycles. The summed E-state index contributed by atoms with van der Waals surface area (Å²) >= 11 is 0. The molecule has 1 aromatic rings. The third-order valence-corrected chi connectivity index (χ3v) is 7.18. The van der Waals surface area contributed by atoms with Crippen LogP contribution in [0, 0.1) is 17.3 Å². The first-order valence-corrected chi connectivity index (χ1v) is 12.4. The second-order valence-electron chi connectivity index (χ2n) is 11.1. The third kappa shape index (κ3) is 5.91. The number of hydrogen-bond acceptors (Lipinski definition) is 4. The van der Waals surface area contributed by atoms with Gasteiger partial charge >= 0.3 is 0 Å². The van der Waals surface area contributed by atoms with Crippen LogP contribution < -0.4 is 5.32 Å². The van der Waals surface area contributed by atoms with Crippen molar-refractivity contribution in [2.24, 2.45) is 24.3 Å². The number of imidazole rings is 1. The van der Waals surface area contributed by atoms with Crippen molar-refractivity contribution in [2.75, 3.05) is 26.2 Å². The highest BCUT2D eigenvalue weighted by atomic mass is 16.2. The molecule has 0 aliphatic carbocycles. The number of nitrogens with zero attached hydrogens (tertiary/aromatic N) is 4. The maximum atomic E-state index is 13.7. The maximum absolute atomic E-state index is 13.7. The molecule has 0 unspecified atom stereocenters. The molecule has 32 heavy (non-hydrogen) atoms. The SMILES string of the molecule is CC(C)C[C@@H]1NCCN([C@@H](CC(C)C)C(=O)N2CCC(C)(Cc3nccn3C)CC2)C1=O. The summed E-state index contributed by atoms with van der Waals surface area (Å²) in [7, 11) is 2.04. The van der Waals surface area contributed by atoms with E-state index in [9.17, 15) is 9.59 Å². The number of aryl methyl sites for hydroxylation is 1. The van der Waals surface area contributed by atoms with Gasteiger partial charge in [-0.15, -0.1) is 0 Å². The molecule has 3 heterocycles. The number of piperazine rings is 1. The van der Waals surface area contributed by atoms with Crippen molar-refractivity contribution in [1.29, 1.82) is 0 Å². The largest absolute Gasteiger partial charge is 0.341 e. The van der Waals surface area contributed by atoms with E-state index in [4.69, 9.17) is 0 Å². The Balaban J connectivity index is 1.67. The lowest BCUT2D eigenvalue weighted by Gasteiger charge is -2.44. The number of carbonyl (C=O) groups excluding carboxylic acids is 2. The highest BCUT2D eigenvalue weighted by Gasteiger charge is 2.40. The molecule has 2 fully saturated rings. The molecule has 180 valence electrons. The minimum Gasteiger partial charge on any atom is -0.341 e. The lowest BCUT2D eigenvalue weighted by atomic mass is 9.77. The molecule has 1 N–H and O–H groups in total. The summed E-state index contributed by atoms with van der Waals surface area (Å²) in [5, 5.41) is 3.37. The molecule has 2 atom stereocenters. The molecule has 0 aromatic carbocycles. The molecule has 2 amide bonds. The summed E-state index contributed by atoms with van der Waals surface area (Å²) in [4.78, 5) is 35.3. The highest BCUT2D eigenvalue weighted by molar-refractivity contribution is 5.90. The first kappa shape index (κ1) is 24.7. The summed E-state index contributed by atoms with van der Waals surface area (Å²) in [5.74, 6) is 2.13. The van der Waals surface area contributed by atoms with Crippen molar-refractivity contribution < 1.29 is 9.59 Å². The Morgan fingerprint density at radius 1 is 1.19 bits per heavy atom. The molecular weight excluding hydrogens is 402 g/mol. The van der Waals surface area contributed by atoms with Crippen molar-refractivity contribution in [1.82, 2.24) is 24.7 Å². The van der Waals surface area contributed by atoms with E-state index in [1.165, 1.54) is 0 Å². The lowest BCUT2D eigenvalue weighted by Crippen LogP contribution is -2.62. The van der Waals surface area contributed by atoms with Gasteiger partial charge in [0.2, 0.25) is 11.8 Å². The second kappa shape index (κ2) is 10.4. The van der Waals surface area contributed by atoms with Crippen molar-refractivity contribution in [3.05, 3.63) is 18.2 Å². The topological polar surface area (TPSA) is 70.5 Å². The number of amides is 2. The van der Waals surface area contributed by atoms with E-state index in [0.717, 1.165) is 57.6 Å². The molecule has 2 aliphatic rings. The molecular formula is C25H43N5O2. The highest BCUT2D eigenvalue weighted by Crippen LogP contribution is 2.35. The van der Waals surface area contributed by atoms with Crippen LogP contribution in [0.2, 0.25) is 0 Å². The molecule has 7 heteroatoms. The minimum atomic E-state index is -0.349. The average molecular weight is 446 g/mol. The number of likely N-dealkylation sites (tertiary alicyclic amines) is 1. The molecule has 7 nitrogen and oxygen atoms in total. The van der Waals surface area contributed by atoms with Crippen LogP contribution in [-0.2, 0) is 23.1 Å². The van der Waals surface area contributed by atoms with Gasteiger partial charge in [0.15, 0.2) is 0 Å². The zero-order valence-corrected chi connectivity index (χ0v) is 20.9. The quantitative estimate of drug-likeness (QED) is 0.668. The predicted octanol–water partition coefficient (Wildman–Crippen LogP) is 2.85. The normalized spacial score (nSPS) is 22.6. The van der Waals surface area contributed by atoms with Gasteiger partial charge in [-0.1, -0.05) is 34.6 Å². The van der Waals surface area contributed by atoms with Crippen molar-refractivity contribution in [3.8, 4) is 0 Å². The standard InChI is InChI=1S/C25H43N5O2/c1-18(2)15-20-23(31)30(14-10-26-20)21(16-19(3)4)24(32)29-11-7-25(5,8-12-29)17-22-27-9-13-28(22)6/h9,13,18-21,26H,7-8,10-12,14-17H2,1-6H3/t20-,21-/m0/s1. The van der Waals surface area contributed by atoms with Crippen LogP contribution in [0.15, 0.2) is 12.4 Å². The second-order valence-corrected chi connectivity index (χ2v) is 11.1. The minimum absolute atomic E-state index is 0.0978. The molecule has 1 aromatic heterocycles. The third-order valence-electron chi connectivity index (χ3n) is 7.18. The number of aromatic nitrogens is 2. The van der Waals surface area contributed by atoms with Gasteiger partial charge in [-0.3, -0.25) is 9.59 Å².